The van der Waals surface area contributed by atoms with Crippen molar-refractivity contribution in [1.82, 2.24) is 0 Å². The van der Waals surface area contributed by atoms with E-state index in [-0.39, 0.29) is 42.0 Å². The molecule has 2 aromatic carbocycles. The van der Waals surface area contributed by atoms with E-state index >= 15 is 0 Å². The van der Waals surface area contributed by atoms with Crippen LogP contribution in [0.5, 0.6) is 0 Å². The lowest BCUT2D eigenvalue weighted by Gasteiger charge is -2.46. The van der Waals surface area contributed by atoms with E-state index in [4.69, 9.17) is 18.9 Å². The molecule has 0 spiro atoms. The summed E-state index contributed by atoms with van der Waals surface area (Å²) in [7, 11) is 1.59. The number of ether oxygens (including phenoxy) is 4. The molecule has 2 aromatic rings. The van der Waals surface area contributed by atoms with E-state index < -0.39 is 17.8 Å². The molecule has 4 rings (SSSR count). The van der Waals surface area contributed by atoms with Crippen molar-refractivity contribution in [3.8, 4) is 0 Å². The molecule has 7 nitrogen and oxygen atoms in total. The first-order chi connectivity index (χ1) is 19.6. The van der Waals surface area contributed by atoms with Crippen LogP contribution in [0.15, 0.2) is 72.8 Å². The van der Waals surface area contributed by atoms with Gasteiger partial charge in [0.1, 0.15) is 19.0 Å². The van der Waals surface area contributed by atoms with Crippen LogP contribution >= 0.6 is 0 Å². The minimum atomic E-state index is -0.600. The lowest BCUT2D eigenvalue weighted by atomic mass is 9.61. The Balaban J connectivity index is 1.52. The monoisotopic (exact) mass is 563 g/mol. The molecular formula is C34H45NO6. The summed E-state index contributed by atoms with van der Waals surface area (Å²) < 4.78 is 23.1. The van der Waals surface area contributed by atoms with Crippen molar-refractivity contribution in [2.75, 3.05) is 19.2 Å². The minimum absolute atomic E-state index is 0.0320. The highest BCUT2D eigenvalue weighted by Gasteiger charge is 2.54. The van der Waals surface area contributed by atoms with Gasteiger partial charge < -0.3 is 18.9 Å². The van der Waals surface area contributed by atoms with Crippen LogP contribution in [0.1, 0.15) is 70.2 Å². The number of rotatable bonds is 11. The molecule has 0 heterocycles. The number of hydrogen-bond acceptors (Lipinski definition) is 6. The first kappa shape index (κ1) is 30.8. The van der Waals surface area contributed by atoms with E-state index in [2.05, 4.69) is 19.2 Å². The van der Waals surface area contributed by atoms with Gasteiger partial charge in [-0.15, -0.1) is 0 Å². The van der Waals surface area contributed by atoms with Gasteiger partial charge in [-0.25, -0.2) is 9.59 Å². The SMILES string of the molecule is COCOC(C)(C)/C=C\[C@@H](OC(=O)Nc1ccccc1)[C@H](C)[C@@H]1CCC2[C@H](OC(=O)c3ccccc3)CCC[C@]21C. The Labute approximate surface area is 244 Å². The fraction of sp³-hybridized carbons (Fsp3) is 0.529. The van der Waals surface area contributed by atoms with Crippen LogP contribution in [-0.2, 0) is 18.9 Å². The third-order valence-electron chi connectivity index (χ3n) is 9.06. The first-order valence-electron chi connectivity index (χ1n) is 14.7. The van der Waals surface area contributed by atoms with Gasteiger partial charge in [0.25, 0.3) is 0 Å². The van der Waals surface area contributed by atoms with Gasteiger partial charge in [-0.3, -0.25) is 5.32 Å². The molecular weight excluding hydrogens is 518 g/mol. The second kappa shape index (κ2) is 13.7. The van der Waals surface area contributed by atoms with Crippen LogP contribution in [0.2, 0.25) is 0 Å². The van der Waals surface area contributed by atoms with Gasteiger partial charge in [-0.2, -0.15) is 0 Å². The maximum absolute atomic E-state index is 13.0. The summed E-state index contributed by atoms with van der Waals surface area (Å²) in [4.78, 5) is 26.0. The fourth-order valence-corrected chi connectivity index (χ4v) is 6.87. The van der Waals surface area contributed by atoms with Crippen LogP contribution in [0.4, 0.5) is 10.5 Å². The van der Waals surface area contributed by atoms with Crippen LogP contribution in [-0.4, -0.2) is 43.8 Å². The van der Waals surface area contributed by atoms with E-state index in [0.29, 0.717) is 11.3 Å². The number of nitrogens with one attached hydrogen (secondary N) is 1. The van der Waals surface area contributed by atoms with E-state index in [1.165, 1.54) is 0 Å². The van der Waals surface area contributed by atoms with Gasteiger partial charge in [-0.05, 0) is 87.6 Å². The van der Waals surface area contributed by atoms with Crippen molar-refractivity contribution in [3.63, 3.8) is 0 Å². The number of carbonyl (C=O) groups excluding carboxylic acids is 2. The molecule has 2 fully saturated rings. The molecule has 1 N–H and O–H groups in total. The van der Waals surface area contributed by atoms with E-state index in [1.54, 1.807) is 19.2 Å². The normalized spacial score (nSPS) is 25.7. The molecule has 2 aliphatic rings. The number of amides is 1. The molecule has 0 aliphatic heterocycles. The summed E-state index contributed by atoms with van der Waals surface area (Å²) in [5, 5.41) is 2.86. The van der Waals surface area contributed by atoms with Crippen molar-refractivity contribution < 1.29 is 28.5 Å². The summed E-state index contributed by atoms with van der Waals surface area (Å²) in [5.74, 6) is 0.328. The topological polar surface area (TPSA) is 83.1 Å². The molecule has 0 bridgehead atoms. The molecule has 0 aromatic heterocycles. The Kier molecular flexibility index (Phi) is 10.3. The first-order valence-corrected chi connectivity index (χ1v) is 14.7. The summed E-state index contributed by atoms with van der Waals surface area (Å²) in [6, 6.07) is 18.5. The standard InChI is InChI=1S/C34H45NO6/c1-24(29(20-22-33(2,3)39-23-38-5)41-32(37)35-26-15-10-7-11-16-26)27-18-19-28-30(17-12-21-34(27,28)4)40-31(36)25-13-8-6-9-14-25/h6-11,13-16,20,22,24,27-30H,12,17-19,21,23H2,1-5H3,(H,35,37)/b22-20-/t24-,27+,28?,29-,30-,34+/m1/s1. The van der Waals surface area contributed by atoms with Gasteiger partial charge in [0.15, 0.2) is 0 Å². The minimum Gasteiger partial charge on any atom is -0.458 e. The van der Waals surface area contributed by atoms with Crippen molar-refractivity contribution >= 4 is 17.7 Å². The second-order valence-electron chi connectivity index (χ2n) is 12.2. The van der Waals surface area contributed by atoms with E-state index in [1.807, 2.05) is 74.5 Å². The summed E-state index contributed by atoms with van der Waals surface area (Å²) in [5.41, 5.74) is 0.632. The highest BCUT2D eigenvalue weighted by Crippen LogP contribution is 2.59. The average molecular weight is 564 g/mol. The predicted octanol–water partition coefficient (Wildman–Crippen LogP) is 7.64. The number of esters is 1. The lowest BCUT2D eigenvalue weighted by molar-refractivity contribution is -0.0924. The number of methoxy groups -OCH3 is 1. The fourth-order valence-electron chi connectivity index (χ4n) is 6.87. The number of para-hydroxylation sites is 1. The van der Waals surface area contributed by atoms with E-state index in [9.17, 15) is 9.59 Å². The van der Waals surface area contributed by atoms with Crippen molar-refractivity contribution in [2.24, 2.45) is 23.2 Å². The lowest BCUT2D eigenvalue weighted by Crippen LogP contribution is -2.45. The zero-order chi connectivity index (χ0) is 29.5. The van der Waals surface area contributed by atoms with Crippen LogP contribution in [0.3, 0.4) is 0 Å². The molecule has 6 atom stereocenters. The quantitative estimate of drug-likeness (QED) is 0.172. The maximum atomic E-state index is 13.0. The Morgan fingerprint density at radius 3 is 2.41 bits per heavy atom. The second-order valence-corrected chi connectivity index (χ2v) is 12.2. The van der Waals surface area contributed by atoms with Crippen molar-refractivity contribution in [3.05, 3.63) is 78.4 Å². The number of anilines is 1. The summed E-state index contributed by atoms with van der Waals surface area (Å²) in [6.07, 6.45) is 7.72. The predicted molar refractivity (Wildman–Crippen MR) is 159 cm³/mol. The zero-order valence-electron chi connectivity index (χ0n) is 25.0. The van der Waals surface area contributed by atoms with Crippen LogP contribution in [0.25, 0.3) is 0 Å². The molecule has 1 unspecified atom stereocenters. The molecule has 222 valence electrons. The van der Waals surface area contributed by atoms with Gasteiger partial charge >= 0.3 is 12.1 Å². The number of fused-ring (bicyclic) bond motifs is 1. The van der Waals surface area contributed by atoms with Gasteiger partial charge in [-0.1, -0.05) is 56.3 Å². The highest BCUT2D eigenvalue weighted by molar-refractivity contribution is 5.89. The van der Waals surface area contributed by atoms with Crippen LogP contribution in [0, 0.1) is 23.2 Å². The summed E-state index contributed by atoms with van der Waals surface area (Å²) in [6.45, 7) is 8.58. The Hall–Kier alpha value is -3.16. The Morgan fingerprint density at radius 2 is 1.73 bits per heavy atom. The molecule has 0 radical (unpaired) electrons. The number of benzene rings is 2. The third-order valence-corrected chi connectivity index (χ3v) is 9.06. The molecule has 41 heavy (non-hydrogen) atoms. The molecule has 7 heteroatoms. The van der Waals surface area contributed by atoms with Gasteiger partial charge in [0, 0.05) is 24.6 Å². The maximum Gasteiger partial charge on any atom is 0.412 e. The highest BCUT2D eigenvalue weighted by atomic mass is 16.7. The summed E-state index contributed by atoms with van der Waals surface area (Å²) >= 11 is 0. The number of carbonyl (C=O) groups is 2. The largest absolute Gasteiger partial charge is 0.458 e. The zero-order valence-corrected chi connectivity index (χ0v) is 25.0. The van der Waals surface area contributed by atoms with Crippen molar-refractivity contribution in [1.29, 1.82) is 0 Å². The Bertz CT molecular complexity index is 1170. The number of hydrogen-bond donors (Lipinski definition) is 1. The molecule has 0 saturated heterocycles. The smallest absolute Gasteiger partial charge is 0.412 e. The molecule has 2 saturated carbocycles. The molecule has 1 amide bonds. The Morgan fingerprint density at radius 1 is 1.05 bits per heavy atom. The molecule has 2 aliphatic carbocycles. The third kappa shape index (κ3) is 7.77. The van der Waals surface area contributed by atoms with Gasteiger partial charge in [0.2, 0.25) is 0 Å². The van der Waals surface area contributed by atoms with Crippen LogP contribution < -0.4 is 5.32 Å². The van der Waals surface area contributed by atoms with Gasteiger partial charge in [0.05, 0.1) is 11.2 Å². The van der Waals surface area contributed by atoms with Crippen molar-refractivity contribution in [2.45, 2.75) is 77.6 Å². The van der Waals surface area contributed by atoms with E-state index in [0.717, 1.165) is 32.1 Å². The average Bonchev–Trinajstić information content (AvgIpc) is 3.32.